The van der Waals surface area contributed by atoms with E-state index >= 15 is 0 Å². The lowest BCUT2D eigenvalue weighted by Crippen LogP contribution is -2.38. The second kappa shape index (κ2) is 5.79. The first-order chi connectivity index (χ1) is 10.1. The van der Waals surface area contributed by atoms with Crippen molar-refractivity contribution in [1.29, 1.82) is 0 Å². The molecule has 2 aromatic rings. The van der Waals surface area contributed by atoms with E-state index in [2.05, 4.69) is 10.3 Å². The number of rotatable bonds is 2. The Morgan fingerprint density at radius 3 is 2.86 bits per heavy atom. The van der Waals surface area contributed by atoms with Gasteiger partial charge in [0.2, 0.25) is 5.01 Å². The molecule has 2 heterocycles. The van der Waals surface area contributed by atoms with Crippen LogP contribution in [-0.4, -0.2) is 32.6 Å². The Morgan fingerprint density at radius 1 is 1.38 bits per heavy atom. The first kappa shape index (κ1) is 14.0. The molecule has 2 N–H and O–H groups in total. The molecule has 7 heteroatoms. The number of para-hydroxylation sites is 1. The monoisotopic (exact) mass is 319 g/mol. The van der Waals surface area contributed by atoms with Crippen molar-refractivity contribution in [2.45, 2.75) is 13.0 Å². The van der Waals surface area contributed by atoms with Gasteiger partial charge in [-0.2, -0.15) is 0 Å². The number of hydrogen-bond donors (Lipinski definition) is 2. The zero-order chi connectivity index (χ0) is 14.8. The average molecular weight is 319 g/mol. The standard InChI is InChI=1S/C14H13N3O2S2/c18-13(19)12-16-10-6-7-17(8-11(10)21-12)14(20)15-9-4-2-1-3-5-9/h1-5H,6-8H2,(H,15,20)(H,18,19). The summed E-state index contributed by atoms with van der Waals surface area (Å²) in [5.41, 5.74) is 1.83. The molecule has 1 aliphatic rings. The van der Waals surface area contributed by atoms with E-state index in [1.54, 1.807) is 0 Å². The number of carbonyl (C=O) groups is 1. The summed E-state index contributed by atoms with van der Waals surface area (Å²) in [4.78, 5) is 18.1. The third-order valence-electron chi connectivity index (χ3n) is 3.23. The summed E-state index contributed by atoms with van der Waals surface area (Å²) < 4.78 is 0. The Morgan fingerprint density at radius 2 is 2.14 bits per heavy atom. The van der Waals surface area contributed by atoms with E-state index in [1.165, 1.54) is 11.3 Å². The molecule has 0 atom stereocenters. The van der Waals surface area contributed by atoms with Gasteiger partial charge in [0.25, 0.3) is 0 Å². The summed E-state index contributed by atoms with van der Waals surface area (Å²) >= 11 is 6.66. The van der Waals surface area contributed by atoms with E-state index in [1.807, 2.05) is 35.2 Å². The van der Waals surface area contributed by atoms with Crippen LogP contribution in [0.25, 0.3) is 0 Å². The van der Waals surface area contributed by atoms with Gasteiger partial charge in [-0.05, 0) is 24.4 Å². The number of carboxylic acids is 1. The van der Waals surface area contributed by atoms with Gasteiger partial charge < -0.3 is 15.3 Å². The lowest BCUT2D eigenvalue weighted by molar-refractivity contribution is 0.0696. The van der Waals surface area contributed by atoms with Crippen LogP contribution in [0, 0.1) is 0 Å². The number of benzene rings is 1. The normalized spacial score (nSPS) is 13.6. The number of carboxylic acid groups (broad SMARTS) is 1. The molecule has 0 amide bonds. The van der Waals surface area contributed by atoms with Gasteiger partial charge >= 0.3 is 5.97 Å². The van der Waals surface area contributed by atoms with Crippen LogP contribution in [-0.2, 0) is 13.0 Å². The van der Waals surface area contributed by atoms with Crippen LogP contribution in [0.15, 0.2) is 30.3 Å². The van der Waals surface area contributed by atoms with Crippen molar-refractivity contribution in [2.24, 2.45) is 0 Å². The fourth-order valence-corrected chi connectivity index (χ4v) is 3.42. The highest BCUT2D eigenvalue weighted by molar-refractivity contribution is 7.80. The van der Waals surface area contributed by atoms with Gasteiger partial charge in [0, 0.05) is 23.5 Å². The summed E-state index contributed by atoms with van der Waals surface area (Å²) in [5.74, 6) is -0.967. The van der Waals surface area contributed by atoms with Gasteiger partial charge in [0.05, 0.1) is 12.2 Å². The largest absolute Gasteiger partial charge is 0.476 e. The molecule has 1 aliphatic heterocycles. The molecule has 0 fully saturated rings. The molecular formula is C14H13N3O2S2. The number of anilines is 1. The van der Waals surface area contributed by atoms with Crippen molar-refractivity contribution in [3.8, 4) is 0 Å². The Balaban J connectivity index is 1.71. The van der Waals surface area contributed by atoms with Crippen LogP contribution in [0.5, 0.6) is 0 Å². The summed E-state index contributed by atoms with van der Waals surface area (Å²) in [6.45, 7) is 1.35. The van der Waals surface area contributed by atoms with Gasteiger partial charge in [-0.3, -0.25) is 0 Å². The molecule has 0 saturated carbocycles. The van der Waals surface area contributed by atoms with Crippen LogP contribution in [0.4, 0.5) is 5.69 Å². The topological polar surface area (TPSA) is 65.5 Å². The van der Waals surface area contributed by atoms with E-state index in [0.717, 1.165) is 29.2 Å². The van der Waals surface area contributed by atoms with Crippen molar-refractivity contribution in [3.05, 3.63) is 45.9 Å². The Kier molecular flexibility index (Phi) is 3.85. The van der Waals surface area contributed by atoms with Gasteiger partial charge in [0.15, 0.2) is 5.11 Å². The smallest absolute Gasteiger partial charge is 0.365 e. The fourth-order valence-electron chi connectivity index (χ4n) is 2.18. The minimum atomic E-state index is -0.967. The zero-order valence-corrected chi connectivity index (χ0v) is 12.7. The number of thiazole rings is 1. The van der Waals surface area contributed by atoms with E-state index in [-0.39, 0.29) is 5.01 Å². The predicted molar refractivity (Wildman–Crippen MR) is 85.9 cm³/mol. The molecule has 108 valence electrons. The molecule has 5 nitrogen and oxygen atoms in total. The van der Waals surface area contributed by atoms with E-state index < -0.39 is 5.97 Å². The van der Waals surface area contributed by atoms with Crippen molar-refractivity contribution < 1.29 is 9.90 Å². The van der Waals surface area contributed by atoms with Crippen LogP contribution >= 0.6 is 23.6 Å². The van der Waals surface area contributed by atoms with E-state index in [9.17, 15) is 4.79 Å². The average Bonchev–Trinajstić information content (AvgIpc) is 2.91. The first-order valence-electron chi connectivity index (χ1n) is 6.46. The zero-order valence-electron chi connectivity index (χ0n) is 11.1. The molecule has 0 saturated heterocycles. The maximum Gasteiger partial charge on any atom is 0.365 e. The third-order valence-corrected chi connectivity index (χ3v) is 4.66. The number of hydrogen-bond acceptors (Lipinski definition) is 4. The maximum atomic E-state index is 11.0. The fraction of sp³-hybridized carbons (Fsp3) is 0.214. The number of aromatic carboxylic acids is 1. The summed E-state index contributed by atoms with van der Waals surface area (Å²) in [5, 5.41) is 13.0. The molecule has 0 aliphatic carbocycles. The van der Waals surface area contributed by atoms with Gasteiger partial charge in [0.1, 0.15) is 0 Å². The van der Waals surface area contributed by atoms with Crippen molar-refractivity contribution in [3.63, 3.8) is 0 Å². The molecule has 1 aromatic carbocycles. The van der Waals surface area contributed by atoms with Crippen LogP contribution < -0.4 is 5.32 Å². The van der Waals surface area contributed by atoms with Crippen LogP contribution in [0.1, 0.15) is 20.4 Å². The molecule has 0 bridgehead atoms. The molecule has 0 spiro atoms. The maximum absolute atomic E-state index is 11.0. The van der Waals surface area contributed by atoms with Gasteiger partial charge in [-0.1, -0.05) is 18.2 Å². The Labute approximate surface area is 131 Å². The van der Waals surface area contributed by atoms with E-state index in [0.29, 0.717) is 11.7 Å². The SMILES string of the molecule is O=C(O)c1nc2c(s1)CN(C(=S)Nc1ccccc1)CC2. The molecule has 0 unspecified atom stereocenters. The number of nitrogens with one attached hydrogen (secondary N) is 1. The Bertz CT molecular complexity index is 685. The molecule has 0 radical (unpaired) electrons. The van der Waals surface area contributed by atoms with Gasteiger partial charge in [-0.25, -0.2) is 9.78 Å². The third kappa shape index (κ3) is 3.03. The lowest BCUT2D eigenvalue weighted by Gasteiger charge is -2.28. The molecule has 3 rings (SSSR count). The first-order valence-corrected chi connectivity index (χ1v) is 7.69. The Hall–Kier alpha value is -1.99. The molecule has 1 aromatic heterocycles. The predicted octanol–water partition coefficient (Wildman–Crippen LogP) is 2.60. The lowest BCUT2D eigenvalue weighted by atomic mass is 10.2. The second-order valence-corrected chi connectivity index (χ2v) is 6.13. The minimum absolute atomic E-state index is 0.156. The van der Waals surface area contributed by atoms with Crippen molar-refractivity contribution in [1.82, 2.24) is 9.88 Å². The molecular weight excluding hydrogens is 306 g/mol. The molecule has 21 heavy (non-hydrogen) atoms. The van der Waals surface area contributed by atoms with E-state index in [4.69, 9.17) is 17.3 Å². The highest BCUT2D eigenvalue weighted by Crippen LogP contribution is 2.25. The summed E-state index contributed by atoms with van der Waals surface area (Å²) in [6, 6.07) is 9.75. The number of fused-ring (bicyclic) bond motifs is 1. The summed E-state index contributed by atoms with van der Waals surface area (Å²) in [7, 11) is 0. The second-order valence-electron chi connectivity index (χ2n) is 4.66. The minimum Gasteiger partial charge on any atom is -0.476 e. The van der Waals surface area contributed by atoms with Crippen LogP contribution in [0.3, 0.4) is 0 Å². The number of nitrogens with zero attached hydrogens (tertiary/aromatic N) is 2. The summed E-state index contributed by atoms with van der Waals surface area (Å²) in [6.07, 6.45) is 0.718. The quantitative estimate of drug-likeness (QED) is 0.830. The highest BCUT2D eigenvalue weighted by atomic mass is 32.1. The number of thiocarbonyl (C=S) groups is 1. The van der Waals surface area contributed by atoms with Crippen LogP contribution in [0.2, 0.25) is 0 Å². The number of aromatic nitrogens is 1. The van der Waals surface area contributed by atoms with Crippen molar-refractivity contribution >= 4 is 40.3 Å². The highest BCUT2D eigenvalue weighted by Gasteiger charge is 2.24. The van der Waals surface area contributed by atoms with Crippen molar-refractivity contribution in [2.75, 3.05) is 11.9 Å². The van der Waals surface area contributed by atoms with Gasteiger partial charge in [-0.15, -0.1) is 11.3 Å².